The Kier molecular flexibility index (Phi) is 4.54. The normalized spacial score (nSPS) is 20.8. The molecule has 6 heteroatoms. The van der Waals surface area contributed by atoms with Crippen LogP contribution in [-0.2, 0) is 14.3 Å². The van der Waals surface area contributed by atoms with Crippen molar-refractivity contribution < 1.29 is 19.1 Å². The number of urea groups is 1. The fraction of sp³-hybridized carbons (Fsp3) is 0.800. The van der Waals surface area contributed by atoms with Crippen LogP contribution < -0.4 is 5.32 Å². The van der Waals surface area contributed by atoms with Gasteiger partial charge in [-0.15, -0.1) is 0 Å². The molecule has 1 saturated heterocycles. The summed E-state index contributed by atoms with van der Waals surface area (Å²) >= 11 is 0. The van der Waals surface area contributed by atoms with E-state index in [1.807, 2.05) is 13.8 Å². The van der Waals surface area contributed by atoms with Crippen LogP contribution in [0.1, 0.15) is 13.8 Å². The molecule has 0 spiro atoms. The van der Waals surface area contributed by atoms with Crippen LogP contribution in [0.5, 0.6) is 0 Å². The van der Waals surface area contributed by atoms with Gasteiger partial charge in [0.15, 0.2) is 6.04 Å². The van der Waals surface area contributed by atoms with Gasteiger partial charge in [-0.05, 0) is 13.8 Å². The molecule has 0 aliphatic carbocycles. The van der Waals surface area contributed by atoms with Gasteiger partial charge < -0.3 is 19.7 Å². The van der Waals surface area contributed by atoms with Gasteiger partial charge in [-0.25, -0.2) is 9.59 Å². The first-order valence-corrected chi connectivity index (χ1v) is 5.29. The zero-order chi connectivity index (χ0) is 12.1. The molecule has 1 N–H and O–H groups in total. The summed E-state index contributed by atoms with van der Waals surface area (Å²) in [5.74, 6) is -0.446. The van der Waals surface area contributed by atoms with E-state index in [0.29, 0.717) is 13.2 Å². The van der Waals surface area contributed by atoms with Gasteiger partial charge in [-0.1, -0.05) is 0 Å². The molecule has 1 atom stereocenters. The molecule has 0 radical (unpaired) electrons. The molecule has 2 amide bonds. The Labute approximate surface area is 94.9 Å². The monoisotopic (exact) mass is 230 g/mol. The summed E-state index contributed by atoms with van der Waals surface area (Å²) in [5, 5.41) is 2.75. The number of carbonyl (C=O) groups excluding carboxylic acids is 2. The maximum absolute atomic E-state index is 11.8. The Morgan fingerprint density at radius 2 is 2.19 bits per heavy atom. The van der Waals surface area contributed by atoms with Crippen LogP contribution in [0, 0.1) is 0 Å². The summed E-state index contributed by atoms with van der Waals surface area (Å²) < 4.78 is 9.80. The number of morpholine rings is 1. The number of esters is 1. The zero-order valence-corrected chi connectivity index (χ0v) is 9.86. The van der Waals surface area contributed by atoms with Gasteiger partial charge in [0.05, 0.1) is 20.3 Å². The SMILES string of the molecule is COC(=O)C1COCCN1C(=O)NC(C)C. The van der Waals surface area contributed by atoms with Crippen LogP contribution in [0.2, 0.25) is 0 Å². The molecule has 1 aliphatic rings. The van der Waals surface area contributed by atoms with E-state index in [1.165, 1.54) is 12.0 Å². The molecular weight excluding hydrogens is 212 g/mol. The molecular formula is C10H18N2O4. The standard InChI is InChI=1S/C10H18N2O4/c1-7(2)11-10(14)12-4-5-16-6-8(12)9(13)15-3/h7-8H,4-6H2,1-3H3,(H,11,14). The Morgan fingerprint density at radius 3 is 2.75 bits per heavy atom. The Morgan fingerprint density at radius 1 is 1.50 bits per heavy atom. The molecule has 0 bridgehead atoms. The molecule has 0 aromatic heterocycles. The average Bonchev–Trinajstić information content (AvgIpc) is 2.27. The fourth-order valence-electron chi connectivity index (χ4n) is 1.51. The van der Waals surface area contributed by atoms with Crippen molar-refractivity contribution in [2.75, 3.05) is 26.9 Å². The number of amides is 2. The number of ether oxygens (including phenoxy) is 2. The smallest absolute Gasteiger partial charge is 0.331 e. The van der Waals surface area contributed by atoms with Crippen molar-refractivity contribution in [1.29, 1.82) is 0 Å². The van der Waals surface area contributed by atoms with E-state index in [9.17, 15) is 9.59 Å². The third kappa shape index (κ3) is 3.10. The van der Waals surface area contributed by atoms with Gasteiger partial charge in [-0.3, -0.25) is 0 Å². The lowest BCUT2D eigenvalue weighted by Gasteiger charge is -2.34. The topological polar surface area (TPSA) is 67.9 Å². The van der Waals surface area contributed by atoms with Crippen molar-refractivity contribution in [3.63, 3.8) is 0 Å². The molecule has 1 unspecified atom stereocenters. The molecule has 92 valence electrons. The van der Waals surface area contributed by atoms with Crippen molar-refractivity contribution in [2.24, 2.45) is 0 Å². The summed E-state index contributed by atoms with van der Waals surface area (Å²) in [4.78, 5) is 24.7. The summed E-state index contributed by atoms with van der Waals surface area (Å²) in [7, 11) is 1.30. The minimum atomic E-state index is -0.641. The van der Waals surface area contributed by atoms with Crippen LogP contribution in [0.3, 0.4) is 0 Å². The highest BCUT2D eigenvalue weighted by molar-refractivity contribution is 5.84. The van der Waals surface area contributed by atoms with Crippen LogP contribution in [0.15, 0.2) is 0 Å². The second kappa shape index (κ2) is 5.69. The summed E-state index contributed by atoms with van der Waals surface area (Å²) in [5.41, 5.74) is 0. The highest BCUT2D eigenvalue weighted by atomic mass is 16.5. The second-order valence-corrected chi connectivity index (χ2v) is 3.91. The van der Waals surface area contributed by atoms with Gasteiger partial charge in [0.2, 0.25) is 0 Å². The minimum Gasteiger partial charge on any atom is -0.467 e. The summed E-state index contributed by atoms with van der Waals surface area (Å²) in [6.07, 6.45) is 0. The van der Waals surface area contributed by atoms with E-state index in [0.717, 1.165) is 0 Å². The van der Waals surface area contributed by atoms with Crippen molar-refractivity contribution in [3.8, 4) is 0 Å². The molecule has 1 heterocycles. The summed E-state index contributed by atoms with van der Waals surface area (Å²) in [6, 6.07) is -0.861. The van der Waals surface area contributed by atoms with Crippen LogP contribution in [-0.4, -0.2) is 55.9 Å². The first-order valence-electron chi connectivity index (χ1n) is 5.29. The largest absolute Gasteiger partial charge is 0.467 e. The van der Waals surface area contributed by atoms with Gasteiger partial charge in [0.1, 0.15) is 0 Å². The molecule has 16 heavy (non-hydrogen) atoms. The third-order valence-electron chi connectivity index (χ3n) is 2.27. The molecule has 1 fully saturated rings. The molecule has 0 aromatic carbocycles. The van der Waals surface area contributed by atoms with Crippen molar-refractivity contribution in [1.82, 2.24) is 10.2 Å². The predicted octanol–water partition coefficient (Wildman–Crippen LogP) is -0.0218. The van der Waals surface area contributed by atoms with Gasteiger partial charge in [0.25, 0.3) is 0 Å². The number of hydrogen-bond donors (Lipinski definition) is 1. The van der Waals surface area contributed by atoms with Crippen LogP contribution in [0.25, 0.3) is 0 Å². The predicted molar refractivity (Wildman–Crippen MR) is 57.0 cm³/mol. The van der Waals surface area contributed by atoms with E-state index in [4.69, 9.17) is 4.74 Å². The van der Waals surface area contributed by atoms with Gasteiger partial charge in [-0.2, -0.15) is 0 Å². The van der Waals surface area contributed by atoms with E-state index < -0.39 is 12.0 Å². The number of methoxy groups -OCH3 is 1. The Balaban J connectivity index is 2.66. The lowest BCUT2D eigenvalue weighted by Crippen LogP contribution is -2.56. The first-order chi connectivity index (χ1) is 7.56. The fourth-order valence-corrected chi connectivity index (χ4v) is 1.51. The van der Waals surface area contributed by atoms with Gasteiger partial charge >= 0.3 is 12.0 Å². The summed E-state index contributed by atoms with van der Waals surface area (Å²) in [6.45, 7) is 4.77. The van der Waals surface area contributed by atoms with E-state index in [1.54, 1.807) is 0 Å². The number of nitrogens with zero attached hydrogens (tertiary/aromatic N) is 1. The third-order valence-corrected chi connectivity index (χ3v) is 2.27. The molecule has 1 aliphatic heterocycles. The second-order valence-electron chi connectivity index (χ2n) is 3.91. The van der Waals surface area contributed by atoms with Crippen LogP contribution in [0.4, 0.5) is 4.79 Å². The Hall–Kier alpha value is -1.30. The Bertz CT molecular complexity index is 268. The van der Waals surface area contributed by atoms with E-state index in [2.05, 4.69) is 10.1 Å². The van der Waals surface area contributed by atoms with Crippen LogP contribution >= 0.6 is 0 Å². The van der Waals surface area contributed by atoms with Crippen molar-refractivity contribution in [3.05, 3.63) is 0 Å². The lowest BCUT2D eigenvalue weighted by molar-refractivity contribution is -0.151. The molecule has 6 nitrogen and oxygen atoms in total. The number of carbonyl (C=O) groups is 2. The number of rotatable bonds is 2. The lowest BCUT2D eigenvalue weighted by atomic mass is 10.2. The van der Waals surface area contributed by atoms with Crippen molar-refractivity contribution in [2.45, 2.75) is 25.9 Å². The van der Waals surface area contributed by atoms with E-state index in [-0.39, 0.29) is 18.7 Å². The molecule has 0 aromatic rings. The van der Waals surface area contributed by atoms with Gasteiger partial charge in [0, 0.05) is 12.6 Å². The quantitative estimate of drug-likeness (QED) is 0.677. The molecule has 1 rings (SSSR count). The van der Waals surface area contributed by atoms with E-state index >= 15 is 0 Å². The molecule has 0 saturated carbocycles. The number of nitrogens with one attached hydrogen (secondary N) is 1. The highest BCUT2D eigenvalue weighted by Gasteiger charge is 2.33. The maximum Gasteiger partial charge on any atom is 0.331 e. The van der Waals surface area contributed by atoms with Crippen molar-refractivity contribution >= 4 is 12.0 Å². The average molecular weight is 230 g/mol. The maximum atomic E-state index is 11.8. The highest BCUT2D eigenvalue weighted by Crippen LogP contribution is 2.09. The first kappa shape index (κ1) is 12.8. The minimum absolute atomic E-state index is 0.0358. The zero-order valence-electron chi connectivity index (χ0n) is 9.86. The number of hydrogen-bond acceptors (Lipinski definition) is 4.